The molecule has 0 aromatic heterocycles. The fraction of sp³-hybridized carbons (Fsp3) is 0.500. The standard InChI is InChI=1S/C31H36ClF3N2O3S.C11H16.C2H6/c1-20-9-10-25(16-28(20)32)24-11-12-29(27(15-24)31(33,34)35)41(39,40)37(4)19-26(38)18-36-30(2,3)17-21-13-22-7-5-6-8-23(22)14-21;1-2-9-7-10-5-3-4-6-11(10)8-9;1-2/h5-12,15-16,21,26,36,38H,13-14,17-19H2,1-4H3;3,5,9H,2,4,6-8H2,1H3;1-2H3. The molecule has 0 saturated heterocycles. The number of β-amino-alcohol motifs (C(OH)–C–C–N with tert-alkyl or cyclic N) is 1. The maximum Gasteiger partial charge on any atom is 0.417 e. The molecule has 0 radical (unpaired) electrons. The van der Waals surface area contributed by atoms with Crippen LogP contribution in [-0.2, 0) is 29.0 Å². The van der Waals surface area contributed by atoms with Gasteiger partial charge in [-0.05, 0) is 129 Å². The van der Waals surface area contributed by atoms with E-state index in [1.54, 1.807) is 36.3 Å². The highest BCUT2D eigenvalue weighted by Gasteiger charge is 2.39. The van der Waals surface area contributed by atoms with Crippen molar-refractivity contribution in [3.8, 4) is 11.1 Å². The first-order chi connectivity index (χ1) is 25.5. The molecule has 3 aromatic carbocycles. The average Bonchev–Trinajstić information content (AvgIpc) is 3.75. The fourth-order valence-corrected chi connectivity index (χ4v) is 9.34. The van der Waals surface area contributed by atoms with E-state index in [0.29, 0.717) is 16.5 Å². The quantitative estimate of drug-likeness (QED) is 0.203. The lowest BCUT2D eigenvalue weighted by atomic mass is 9.88. The predicted octanol–water partition coefficient (Wildman–Crippen LogP) is 11.0. The Hall–Kier alpha value is -2.95. The molecule has 3 aromatic rings. The Bertz CT molecular complexity index is 1880. The molecule has 0 saturated carbocycles. The number of halogens is 4. The zero-order valence-electron chi connectivity index (χ0n) is 32.9. The summed E-state index contributed by atoms with van der Waals surface area (Å²) in [5.41, 5.74) is 5.94. The van der Waals surface area contributed by atoms with Gasteiger partial charge in [0.2, 0.25) is 10.0 Å². The van der Waals surface area contributed by atoms with Gasteiger partial charge in [-0.2, -0.15) is 17.5 Å². The Morgan fingerprint density at radius 1 is 0.944 bits per heavy atom. The molecular formula is C44H58ClF3N2O3S. The summed E-state index contributed by atoms with van der Waals surface area (Å²) in [5, 5.41) is 14.4. The first kappa shape index (κ1) is 43.8. The van der Waals surface area contributed by atoms with E-state index in [1.165, 1.54) is 56.3 Å². The summed E-state index contributed by atoms with van der Waals surface area (Å²) in [5.74, 6) is 1.43. The topological polar surface area (TPSA) is 69.6 Å². The molecule has 10 heteroatoms. The Morgan fingerprint density at radius 2 is 1.57 bits per heavy atom. The number of aliphatic hydroxyl groups is 1. The normalized spacial score (nSPS) is 17.8. The molecule has 0 heterocycles. The SMILES string of the molecule is CC.CCC1CC2=C(CCC=C2)C1.Cc1ccc(-c2ccc(S(=O)(=O)N(C)CC(O)CNC(C)(C)CC3Cc4ccccc4C3)c(C(F)(F)F)c2)cc1Cl. The minimum atomic E-state index is -4.92. The second-order valence-corrected chi connectivity index (χ2v) is 17.8. The number of allylic oxidation sites excluding steroid dienone is 4. The minimum Gasteiger partial charge on any atom is -0.390 e. The monoisotopic (exact) mass is 786 g/mol. The molecule has 3 aliphatic carbocycles. The van der Waals surface area contributed by atoms with Crippen LogP contribution in [0.3, 0.4) is 0 Å². The van der Waals surface area contributed by atoms with Crippen LogP contribution in [0.1, 0.15) is 95.4 Å². The number of sulfonamides is 1. The summed E-state index contributed by atoms with van der Waals surface area (Å²) in [6, 6.07) is 16.4. The van der Waals surface area contributed by atoms with Crippen molar-refractivity contribution in [1.82, 2.24) is 9.62 Å². The van der Waals surface area contributed by atoms with Crippen LogP contribution in [0.4, 0.5) is 13.2 Å². The Morgan fingerprint density at radius 3 is 2.17 bits per heavy atom. The minimum absolute atomic E-state index is 0.0891. The first-order valence-corrected chi connectivity index (χ1v) is 21.1. The summed E-state index contributed by atoms with van der Waals surface area (Å²) in [7, 11) is -3.39. The van der Waals surface area contributed by atoms with Crippen LogP contribution in [0.2, 0.25) is 5.02 Å². The lowest BCUT2D eigenvalue weighted by molar-refractivity contribution is -0.139. The van der Waals surface area contributed by atoms with Gasteiger partial charge in [-0.3, -0.25) is 0 Å². The number of hydrogen-bond acceptors (Lipinski definition) is 4. The molecular weight excluding hydrogens is 729 g/mol. The Balaban J connectivity index is 0.000000420. The summed E-state index contributed by atoms with van der Waals surface area (Å²) in [6.45, 7) is 11.9. The highest BCUT2D eigenvalue weighted by Crippen LogP contribution is 2.40. The van der Waals surface area contributed by atoms with E-state index < -0.39 is 32.8 Å². The second-order valence-electron chi connectivity index (χ2n) is 15.4. The number of aliphatic hydroxyl groups excluding tert-OH is 1. The third-order valence-corrected chi connectivity index (χ3v) is 13.0. The molecule has 2 unspecified atom stereocenters. The first-order valence-electron chi connectivity index (χ1n) is 19.3. The summed E-state index contributed by atoms with van der Waals surface area (Å²) < 4.78 is 69.6. The van der Waals surface area contributed by atoms with Crippen LogP contribution in [-0.4, -0.2) is 49.6 Å². The maximum atomic E-state index is 14.1. The molecule has 6 rings (SSSR count). The van der Waals surface area contributed by atoms with Crippen molar-refractivity contribution in [2.24, 2.45) is 11.8 Å². The van der Waals surface area contributed by atoms with Gasteiger partial charge in [0.15, 0.2) is 0 Å². The molecule has 0 spiro atoms. The van der Waals surface area contributed by atoms with Crippen LogP contribution in [0.25, 0.3) is 11.1 Å². The summed E-state index contributed by atoms with van der Waals surface area (Å²) in [4.78, 5) is -0.865. The number of fused-ring (bicyclic) bond motifs is 1. The van der Waals surface area contributed by atoms with Crippen LogP contribution in [0.5, 0.6) is 0 Å². The van der Waals surface area contributed by atoms with Crippen molar-refractivity contribution in [3.05, 3.63) is 111 Å². The number of nitrogens with zero attached hydrogens (tertiary/aromatic N) is 1. The van der Waals surface area contributed by atoms with Gasteiger partial charge < -0.3 is 10.4 Å². The smallest absolute Gasteiger partial charge is 0.390 e. The van der Waals surface area contributed by atoms with Crippen LogP contribution in [0, 0.1) is 18.8 Å². The van der Waals surface area contributed by atoms with Crippen molar-refractivity contribution in [3.63, 3.8) is 0 Å². The second kappa shape index (κ2) is 18.8. The van der Waals surface area contributed by atoms with Crippen molar-refractivity contribution < 1.29 is 26.7 Å². The predicted molar refractivity (Wildman–Crippen MR) is 216 cm³/mol. The van der Waals surface area contributed by atoms with Crippen LogP contribution >= 0.6 is 11.6 Å². The zero-order chi connectivity index (χ0) is 39.8. The lowest BCUT2D eigenvalue weighted by Crippen LogP contribution is -2.47. The maximum absolute atomic E-state index is 14.1. The van der Waals surface area contributed by atoms with Gasteiger partial charge in [0.1, 0.15) is 0 Å². The Labute approximate surface area is 326 Å². The van der Waals surface area contributed by atoms with Gasteiger partial charge >= 0.3 is 6.18 Å². The van der Waals surface area contributed by atoms with E-state index >= 15 is 0 Å². The van der Waals surface area contributed by atoms with E-state index in [0.717, 1.165) is 47.2 Å². The van der Waals surface area contributed by atoms with Gasteiger partial charge in [0.25, 0.3) is 0 Å². The van der Waals surface area contributed by atoms with E-state index in [2.05, 4.69) is 36.5 Å². The van der Waals surface area contributed by atoms with E-state index in [4.69, 9.17) is 11.6 Å². The van der Waals surface area contributed by atoms with E-state index in [1.807, 2.05) is 39.8 Å². The molecule has 2 N–H and O–H groups in total. The number of alkyl halides is 3. The van der Waals surface area contributed by atoms with Crippen LogP contribution in [0.15, 0.2) is 88.9 Å². The fourth-order valence-electron chi connectivity index (χ4n) is 7.77. The number of nitrogens with one attached hydrogen (secondary N) is 1. The number of benzene rings is 3. The summed E-state index contributed by atoms with van der Waals surface area (Å²) >= 11 is 6.15. The zero-order valence-corrected chi connectivity index (χ0v) is 34.4. The van der Waals surface area contributed by atoms with Gasteiger partial charge in [-0.1, -0.05) is 99.0 Å². The van der Waals surface area contributed by atoms with Crippen LogP contribution < -0.4 is 5.32 Å². The van der Waals surface area contributed by atoms with Gasteiger partial charge in [0.05, 0.1) is 16.6 Å². The molecule has 2 atom stereocenters. The lowest BCUT2D eigenvalue weighted by Gasteiger charge is -2.31. The van der Waals surface area contributed by atoms with Crippen molar-refractivity contribution in [1.29, 1.82) is 0 Å². The van der Waals surface area contributed by atoms with Gasteiger partial charge in [0, 0.05) is 30.7 Å². The number of likely N-dealkylation sites (N-methyl/N-ethyl adjacent to an activating group) is 1. The highest BCUT2D eigenvalue weighted by atomic mass is 35.5. The number of rotatable bonds is 11. The van der Waals surface area contributed by atoms with Crippen molar-refractivity contribution >= 4 is 21.6 Å². The summed E-state index contributed by atoms with van der Waals surface area (Å²) in [6.07, 6.45) is 8.23. The highest BCUT2D eigenvalue weighted by molar-refractivity contribution is 7.89. The third-order valence-electron chi connectivity index (χ3n) is 10.7. The molecule has 0 aliphatic heterocycles. The molecule has 3 aliphatic rings. The average molecular weight is 787 g/mol. The largest absolute Gasteiger partial charge is 0.417 e. The van der Waals surface area contributed by atoms with Gasteiger partial charge in [-0.15, -0.1) is 0 Å². The Kier molecular flexibility index (Phi) is 15.2. The van der Waals surface area contributed by atoms with Gasteiger partial charge in [-0.25, -0.2) is 8.42 Å². The molecule has 5 nitrogen and oxygen atoms in total. The molecule has 54 heavy (non-hydrogen) atoms. The molecule has 0 bridgehead atoms. The third kappa shape index (κ3) is 11.3. The van der Waals surface area contributed by atoms with E-state index in [-0.39, 0.29) is 24.2 Å². The van der Waals surface area contributed by atoms with Crippen molar-refractivity contribution in [2.75, 3.05) is 20.1 Å². The number of aryl methyl sites for hydroxylation is 1. The molecule has 296 valence electrons. The molecule has 0 amide bonds. The molecule has 0 fully saturated rings. The van der Waals surface area contributed by atoms with E-state index in [9.17, 15) is 26.7 Å². The number of hydrogen-bond donors (Lipinski definition) is 2. The van der Waals surface area contributed by atoms with Crippen molar-refractivity contribution in [2.45, 2.75) is 116 Å².